The predicted molar refractivity (Wildman–Crippen MR) is 49.4 cm³/mol. The molecule has 0 aromatic heterocycles. The van der Waals surface area contributed by atoms with Crippen molar-refractivity contribution in [2.75, 3.05) is 0 Å². The van der Waals surface area contributed by atoms with Crippen LogP contribution in [0.25, 0.3) is 0 Å². The summed E-state index contributed by atoms with van der Waals surface area (Å²) in [6, 6.07) is 0. The zero-order valence-electron chi connectivity index (χ0n) is 8.35. The van der Waals surface area contributed by atoms with Gasteiger partial charge in [-0.15, -0.1) is 0 Å². The second-order valence-electron chi connectivity index (χ2n) is 5.13. The van der Waals surface area contributed by atoms with E-state index in [2.05, 4.69) is 0 Å². The summed E-state index contributed by atoms with van der Waals surface area (Å²) >= 11 is 0. The van der Waals surface area contributed by atoms with Crippen molar-refractivity contribution < 1.29 is 14.6 Å². The van der Waals surface area contributed by atoms with Crippen molar-refractivity contribution in [1.29, 1.82) is 0 Å². The second-order valence-corrected chi connectivity index (χ2v) is 5.13. The SMILES string of the molecule is CC(=O)OC1C2CC3CC(C2O)C1C3. The van der Waals surface area contributed by atoms with E-state index >= 15 is 0 Å². The van der Waals surface area contributed by atoms with E-state index in [1.807, 2.05) is 0 Å². The zero-order valence-corrected chi connectivity index (χ0v) is 8.35. The lowest BCUT2D eigenvalue weighted by Crippen LogP contribution is -2.36. The van der Waals surface area contributed by atoms with E-state index in [4.69, 9.17) is 4.74 Å². The van der Waals surface area contributed by atoms with Crippen molar-refractivity contribution in [2.24, 2.45) is 23.7 Å². The van der Waals surface area contributed by atoms with Crippen LogP contribution in [0.2, 0.25) is 0 Å². The van der Waals surface area contributed by atoms with E-state index in [0.29, 0.717) is 11.8 Å². The van der Waals surface area contributed by atoms with E-state index in [0.717, 1.165) is 25.2 Å². The standard InChI is InChI=1S/C11H16O3/c1-5(12)14-11-8-3-6-2-7(8)10(13)9(11)4-6/h6-11,13H,2-4H2,1H3. The Labute approximate surface area is 83.4 Å². The molecule has 78 valence electrons. The van der Waals surface area contributed by atoms with Gasteiger partial charge in [-0.3, -0.25) is 4.79 Å². The normalized spacial score (nSPS) is 53.9. The number of esters is 1. The molecule has 4 bridgehead atoms. The zero-order chi connectivity index (χ0) is 9.87. The summed E-state index contributed by atoms with van der Waals surface area (Å²) in [4.78, 5) is 11.0. The number of carbonyl (C=O) groups excluding carboxylic acids is 1. The minimum atomic E-state index is -0.205. The fraction of sp³-hybridized carbons (Fsp3) is 0.909. The molecule has 4 aliphatic carbocycles. The Morgan fingerprint density at radius 2 is 1.86 bits per heavy atom. The van der Waals surface area contributed by atoms with Gasteiger partial charge >= 0.3 is 5.97 Å². The number of hydrogen-bond donors (Lipinski definition) is 1. The van der Waals surface area contributed by atoms with Crippen molar-refractivity contribution in [2.45, 2.75) is 38.4 Å². The molecule has 6 unspecified atom stereocenters. The van der Waals surface area contributed by atoms with Gasteiger partial charge in [-0.2, -0.15) is 0 Å². The lowest BCUT2D eigenvalue weighted by Gasteiger charge is -2.33. The van der Waals surface area contributed by atoms with Crippen molar-refractivity contribution in [3.63, 3.8) is 0 Å². The maximum Gasteiger partial charge on any atom is 0.302 e. The third kappa shape index (κ3) is 0.991. The molecule has 0 saturated heterocycles. The van der Waals surface area contributed by atoms with Crippen LogP contribution in [-0.4, -0.2) is 23.3 Å². The smallest absolute Gasteiger partial charge is 0.302 e. The molecule has 3 nitrogen and oxygen atoms in total. The van der Waals surface area contributed by atoms with E-state index in [9.17, 15) is 9.90 Å². The van der Waals surface area contributed by atoms with Crippen LogP contribution >= 0.6 is 0 Å². The van der Waals surface area contributed by atoms with Crippen LogP contribution in [0.1, 0.15) is 26.2 Å². The van der Waals surface area contributed by atoms with Gasteiger partial charge < -0.3 is 9.84 Å². The van der Waals surface area contributed by atoms with Crippen LogP contribution in [-0.2, 0) is 9.53 Å². The van der Waals surface area contributed by atoms with E-state index in [1.165, 1.54) is 6.92 Å². The Morgan fingerprint density at radius 3 is 2.50 bits per heavy atom. The van der Waals surface area contributed by atoms with Gasteiger partial charge in [-0.1, -0.05) is 0 Å². The molecule has 4 saturated carbocycles. The molecular weight excluding hydrogens is 180 g/mol. The van der Waals surface area contributed by atoms with Crippen LogP contribution in [0.4, 0.5) is 0 Å². The fourth-order valence-electron chi connectivity index (χ4n) is 4.03. The van der Waals surface area contributed by atoms with Crippen molar-refractivity contribution >= 4 is 5.97 Å². The molecule has 0 spiro atoms. The summed E-state index contributed by atoms with van der Waals surface area (Å²) in [6.45, 7) is 1.46. The summed E-state index contributed by atoms with van der Waals surface area (Å²) in [5, 5.41) is 10.00. The molecule has 3 heteroatoms. The van der Waals surface area contributed by atoms with Gasteiger partial charge in [0.2, 0.25) is 0 Å². The van der Waals surface area contributed by atoms with Crippen LogP contribution in [0.15, 0.2) is 0 Å². The molecule has 4 aliphatic rings. The first kappa shape index (κ1) is 8.72. The van der Waals surface area contributed by atoms with Gasteiger partial charge in [0.15, 0.2) is 0 Å². The summed E-state index contributed by atoms with van der Waals surface area (Å²) in [7, 11) is 0. The number of carbonyl (C=O) groups is 1. The first-order valence-electron chi connectivity index (χ1n) is 5.52. The van der Waals surface area contributed by atoms with Crippen LogP contribution in [0.3, 0.4) is 0 Å². The quantitative estimate of drug-likeness (QED) is 0.635. The van der Waals surface area contributed by atoms with Crippen molar-refractivity contribution in [3.05, 3.63) is 0 Å². The lowest BCUT2D eigenvalue weighted by atomic mass is 9.79. The highest BCUT2D eigenvalue weighted by atomic mass is 16.5. The highest BCUT2D eigenvalue weighted by Gasteiger charge is 2.60. The Hall–Kier alpha value is -0.570. The molecule has 0 aliphatic heterocycles. The maximum absolute atomic E-state index is 11.0. The number of aliphatic hydroxyl groups is 1. The summed E-state index contributed by atoms with van der Waals surface area (Å²) in [6.07, 6.45) is 3.19. The second kappa shape index (κ2) is 2.72. The molecule has 4 rings (SSSR count). The molecule has 0 amide bonds. The monoisotopic (exact) mass is 196 g/mol. The summed E-state index contributed by atoms with van der Waals surface area (Å²) < 4.78 is 5.35. The third-order valence-corrected chi connectivity index (χ3v) is 4.39. The van der Waals surface area contributed by atoms with Crippen molar-refractivity contribution in [1.82, 2.24) is 0 Å². The molecular formula is C11H16O3. The number of hydrogen-bond acceptors (Lipinski definition) is 3. The van der Waals surface area contributed by atoms with Crippen molar-refractivity contribution in [3.8, 4) is 0 Å². The molecule has 6 atom stereocenters. The molecule has 0 aromatic carbocycles. The van der Waals surface area contributed by atoms with Gasteiger partial charge in [0, 0.05) is 18.8 Å². The first-order chi connectivity index (χ1) is 6.66. The van der Waals surface area contributed by atoms with Gasteiger partial charge in [-0.05, 0) is 31.1 Å². The van der Waals surface area contributed by atoms with Crippen LogP contribution < -0.4 is 0 Å². The van der Waals surface area contributed by atoms with Crippen LogP contribution in [0.5, 0.6) is 0 Å². The minimum absolute atomic E-state index is 0.0197. The maximum atomic E-state index is 11.0. The van der Waals surface area contributed by atoms with Gasteiger partial charge in [-0.25, -0.2) is 0 Å². The van der Waals surface area contributed by atoms with Crippen LogP contribution in [0, 0.1) is 23.7 Å². The predicted octanol–water partition coefficient (Wildman–Crippen LogP) is 0.955. The van der Waals surface area contributed by atoms with Gasteiger partial charge in [0.25, 0.3) is 0 Å². The first-order valence-corrected chi connectivity index (χ1v) is 5.52. The molecule has 14 heavy (non-hydrogen) atoms. The molecule has 0 heterocycles. The number of ether oxygens (including phenoxy) is 1. The highest BCUT2D eigenvalue weighted by molar-refractivity contribution is 5.66. The Kier molecular flexibility index (Phi) is 1.69. The summed E-state index contributed by atoms with van der Waals surface area (Å²) in [5.74, 6) is 1.71. The fourth-order valence-corrected chi connectivity index (χ4v) is 4.03. The van der Waals surface area contributed by atoms with Gasteiger partial charge in [0.1, 0.15) is 6.10 Å². The highest BCUT2D eigenvalue weighted by Crippen LogP contribution is 2.58. The Morgan fingerprint density at radius 1 is 1.21 bits per heavy atom. The average Bonchev–Trinajstić information content (AvgIpc) is 2.52. The Balaban J connectivity index is 1.85. The third-order valence-electron chi connectivity index (χ3n) is 4.39. The van der Waals surface area contributed by atoms with E-state index in [-0.39, 0.29) is 24.1 Å². The molecule has 0 aromatic rings. The minimum Gasteiger partial charge on any atom is -0.462 e. The van der Waals surface area contributed by atoms with E-state index < -0.39 is 0 Å². The van der Waals surface area contributed by atoms with E-state index in [1.54, 1.807) is 0 Å². The molecule has 0 radical (unpaired) electrons. The van der Waals surface area contributed by atoms with Gasteiger partial charge in [0.05, 0.1) is 6.10 Å². The molecule has 4 fully saturated rings. The summed E-state index contributed by atoms with van der Waals surface area (Å²) in [5.41, 5.74) is 0. The lowest BCUT2D eigenvalue weighted by molar-refractivity contribution is -0.153. The largest absolute Gasteiger partial charge is 0.462 e. The average molecular weight is 196 g/mol. The topological polar surface area (TPSA) is 46.5 Å². The Bertz CT molecular complexity index is 274. The number of rotatable bonds is 1. The molecule has 1 N–H and O–H groups in total. The number of aliphatic hydroxyl groups excluding tert-OH is 1.